The molecule has 0 aliphatic heterocycles. The van der Waals surface area contributed by atoms with Crippen LogP contribution in [0, 0.1) is 12.7 Å². The van der Waals surface area contributed by atoms with Crippen LogP contribution in [0.5, 0.6) is 0 Å². The Morgan fingerprint density at radius 2 is 1.84 bits per heavy atom. The molecule has 0 radical (unpaired) electrons. The van der Waals surface area contributed by atoms with E-state index in [0.29, 0.717) is 5.76 Å². The first-order valence-corrected chi connectivity index (χ1v) is 6.15. The van der Waals surface area contributed by atoms with Crippen LogP contribution in [0.15, 0.2) is 52.9 Å². The minimum Gasteiger partial charge on any atom is -0.456 e. The highest BCUT2D eigenvalue weighted by Gasteiger charge is 2.15. The molecule has 3 rings (SSSR count). The van der Waals surface area contributed by atoms with Crippen LogP contribution in [0.3, 0.4) is 0 Å². The minimum absolute atomic E-state index is 0.264. The second kappa shape index (κ2) is 4.52. The number of rotatable bonds is 2. The summed E-state index contributed by atoms with van der Waals surface area (Å²) in [7, 11) is 0. The van der Waals surface area contributed by atoms with Crippen molar-refractivity contribution in [2.45, 2.75) is 13.0 Å². The number of halogens is 1. The lowest BCUT2D eigenvalue weighted by molar-refractivity contribution is 0.502. The van der Waals surface area contributed by atoms with Crippen molar-refractivity contribution in [3.05, 3.63) is 71.2 Å². The fourth-order valence-electron chi connectivity index (χ4n) is 2.14. The molecule has 3 heteroatoms. The van der Waals surface area contributed by atoms with Gasteiger partial charge in [-0.3, -0.25) is 0 Å². The van der Waals surface area contributed by atoms with Gasteiger partial charge in [0.05, 0.1) is 6.04 Å². The summed E-state index contributed by atoms with van der Waals surface area (Å²) >= 11 is 0. The second-order valence-electron chi connectivity index (χ2n) is 4.70. The van der Waals surface area contributed by atoms with Crippen LogP contribution >= 0.6 is 0 Å². The van der Waals surface area contributed by atoms with Gasteiger partial charge < -0.3 is 10.2 Å². The zero-order valence-corrected chi connectivity index (χ0v) is 10.6. The molecule has 96 valence electrons. The van der Waals surface area contributed by atoms with Crippen molar-refractivity contribution in [1.82, 2.24) is 0 Å². The molecule has 1 atom stereocenters. The second-order valence-corrected chi connectivity index (χ2v) is 4.70. The SMILES string of the molecule is Cc1ccc(C(N)c2cc3cccc(F)c3o2)cc1. The highest BCUT2D eigenvalue weighted by atomic mass is 19.1. The smallest absolute Gasteiger partial charge is 0.169 e. The fourth-order valence-corrected chi connectivity index (χ4v) is 2.14. The van der Waals surface area contributed by atoms with Crippen LogP contribution in [-0.4, -0.2) is 0 Å². The maximum atomic E-state index is 13.6. The summed E-state index contributed by atoms with van der Waals surface area (Å²) in [4.78, 5) is 0. The normalized spacial score (nSPS) is 12.8. The Kier molecular flexibility index (Phi) is 2.84. The van der Waals surface area contributed by atoms with Crippen LogP contribution in [0.2, 0.25) is 0 Å². The van der Waals surface area contributed by atoms with Gasteiger partial charge in [-0.05, 0) is 24.6 Å². The van der Waals surface area contributed by atoms with Crippen molar-refractivity contribution >= 4 is 11.0 Å². The predicted molar refractivity (Wildman–Crippen MR) is 73.4 cm³/mol. The summed E-state index contributed by atoms with van der Waals surface area (Å²) in [5.74, 6) is 0.212. The number of fused-ring (bicyclic) bond motifs is 1. The lowest BCUT2D eigenvalue weighted by atomic mass is 10.0. The molecule has 2 nitrogen and oxygen atoms in total. The van der Waals surface area contributed by atoms with E-state index in [2.05, 4.69) is 0 Å². The van der Waals surface area contributed by atoms with Crippen molar-refractivity contribution in [2.75, 3.05) is 0 Å². The van der Waals surface area contributed by atoms with E-state index in [0.717, 1.165) is 10.9 Å². The number of benzene rings is 2. The molecule has 3 aromatic rings. The van der Waals surface area contributed by atoms with Gasteiger partial charge in [-0.2, -0.15) is 0 Å². The summed E-state index contributed by atoms with van der Waals surface area (Å²) in [6, 6.07) is 14.2. The van der Waals surface area contributed by atoms with Crippen molar-refractivity contribution < 1.29 is 8.81 Å². The standard InChI is InChI=1S/C16H14FNO/c1-10-5-7-11(8-6-10)15(18)14-9-12-3-2-4-13(17)16(12)19-14/h2-9,15H,18H2,1H3. The number of hydrogen-bond donors (Lipinski definition) is 1. The number of furan rings is 1. The van der Waals surface area contributed by atoms with Gasteiger partial charge >= 0.3 is 0 Å². The molecule has 0 aliphatic carbocycles. The largest absolute Gasteiger partial charge is 0.456 e. The Bertz CT molecular complexity index is 715. The van der Waals surface area contributed by atoms with Gasteiger partial charge in [0.1, 0.15) is 5.76 Å². The molecule has 1 aromatic heterocycles. The molecule has 0 aliphatic rings. The maximum absolute atomic E-state index is 13.6. The highest BCUT2D eigenvalue weighted by molar-refractivity contribution is 5.78. The lowest BCUT2D eigenvalue weighted by Crippen LogP contribution is -2.10. The van der Waals surface area contributed by atoms with Gasteiger partial charge in [0, 0.05) is 5.39 Å². The summed E-state index contributed by atoms with van der Waals surface area (Å²) in [6.45, 7) is 2.02. The molecule has 2 aromatic carbocycles. The van der Waals surface area contributed by atoms with Gasteiger partial charge in [-0.1, -0.05) is 42.0 Å². The first-order chi connectivity index (χ1) is 9.15. The van der Waals surface area contributed by atoms with Crippen molar-refractivity contribution in [3.63, 3.8) is 0 Å². The third kappa shape index (κ3) is 2.13. The molecule has 1 unspecified atom stereocenters. The summed E-state index contributed by atoms with van der Waals surface area (Å²) in [6.07, 6.45) is 0. The van der Waals surface area contributed by atoms with Gasteiger partial charge in [-0.25, -0.2) is 4.39 Å². The summed E-state index contributed by atoms with van der Waals surface area (Å²) < 4.78 is 19.1. The number of hydrogen-bond acceptors (Lipinski definition) is 2. The molecule has 19 heavy (non-hydrogen) atoms. The lowest BCUT2D eigenvalue weighted by Gasteiger charge is -2.09. The first kappa shape index (κ1) is 11.9. The van der Waals surface area contributed by atoms with Crippen LogP contribution in [0.4, 0.5) is 4.39 Å². The molecular formula is C16H14FNO. The first-order valence-electron chi connectivity index (χ1n) is 6.15. The van der Waals surface area contributed by atoms with Gasteiger partial charge in [0.25, 0.3) is 0 Å². The molecule has 0 bridgehead atoms. The van der Waals surface area contributed by atoms with E-state index in [1.54, 1.807) is 12.1 Å². The Labute approximate surface area is 110 Å². The van der Waals surface area contributed by atoms with Gasteiger partial charge in [0.15, 0.2) is 11.4 Å². The fraction of sp³-hybridized carbons (Fsp3) is 0.125. The molecular weight excluding hydrogens is 241 g/mol. The van der Waals surface area contributed by atoms with E-state index in [1.807, 2.05) is 37.3 Å². The maximum Gasteiger partial charge on any atom is 0.169 e. The predicted octanol–water partition coefficient (Wildman–Crippen LogP) is 3.93. The van der Waals surface area contributed by atoms with E-state index < -0.39 is 0 Å². The van der Waals surface area contributed by atoms with Crippen molar-refractivity contribution in [2.24, 2.45) is 5.73 Å². The van der Waals surface area contributed by atoms with Crippen LogP contribution in [0.1, 0.15) is 22.9 Å². The zero-order valence-electron chi connectivity index (χ0n) is 10.6. The monoisotopic (exact) mass is 255 g/mol. The molecule has 0 fully saturated rings. The molecule has 1 heterocycles. The minimum atomic E-state index is -0.382. The van der Waals surface area contributed by atoms with E-state index in [4.69, 9.17) is 10.2 Å². The topological polar surface area (TPSA) is 39.2 Å². The van der Waals surface area contributed by atoms with Crippen molar-refractivity contribution in [3.8, 4) is 0 Å². The van der Waals surface area contributed by atoms with Crippen LogP contribution < -0.4 is 5.73 Å². The van der Waals surface area contributed by atoms with Crippen LogP contribution in [-0.2, 0) is 0 Å². The molecule has 2 N–H and O–H groups in total. The average Bonchev–Trinajstić information content (AvgIpc) is 2.84. The third-order valence-electron chi connectivity index (χ3n) is 3.26. The Hall–Kier alpha value is -2.13. The number of nitrogens with two attached hydrogens (primary N) is 1. The third-order valence-corrected chi connectivity index (χ3v) is 3.26. The van der Waals surface area contributed by atoms with Crippen LogP contribution in [0.25, 0.3) is 11.0 Å². The highest BCUT2D eigenvalue weighted by Crippen LogP contribution is 2.28. The van der Waals surface area contributed by atoms with Gasteiger partial charge in [0.2, 0.25) is 0 Å². The van der Waals surface area contributed by atoms with E-state index in [9.17, 15) is 4.39 Å². The molecule has 0 saturated heterocycles. The quantitative estimate of drug-likeness (QED) is 0.753. The summed E-state index contributed by atoms with van der Waals surface area (Å²) in [5, 5.41) is 0.734. The van der Waals surface area contributed by atoms with Gasteiger partial charge in [-0.15, -0.1) is 0 Å². The zero-order chi connectivity index (χ0) is 13.4. The Balaban J connectivity index is 2.04. The summed E-state index contributed by atoms with van der Waals surface area (Å²) in [5.41, 5.74) is 8.55. The molecule has 0 spiro atoms. The Morgan fingerprint density at radius 3 is 2.53 bits per heavy atom. The van der Waals surface area contributed by atoms with Crippen molar-refractivity contribution in [1.29, 1.82) is 0 Å². The molecule has 0 amide bonds. The average molecular weight is 255 g/mol. The van der Waals surface area contributed by atoms with E-state index in [1.165, 1.54) is 11.6 Å². The van der Waals surface area contributed by atoms with E-state index in [-0.39, 0.29) is 17.4 Å². The number of aryl methyl sites for hydroxylation is 1. The van der Waals surface area contributed by atoms with E-state index >= 15 is 0 Å². The Morgan fingerprint density at radius 1 is 1.11 bits per heavy atom. The molecule has 0 saturated carbocycles. The number of para-hydroxylation sites is 1.